The maximum Gasteiger partial charge on any atom is 0.0615 e. The van der Waals surface area contributed by atoms with Crippen molar-refractivity contribution in [2.45, 2.75) is 51.6 Å². The summed E-state index contributed by atoms with van der Waals surface area (Å²) < 4.78 is 10.7. The monoisotopic (exact) mass is 286 g/mol. The maximum absolute atomic E-state index is 6.03. The van der Waals surface area contributed by atoms with Gasteiger partial charge in [-0.2, -0.15) is 0 Å². The Bertz CT molecular complexity index is 251. The number of hydrogen-bond acceptors (Lipinski definition) is 4. The molecule has 0 saturated heterocycles. The van der Waals surface area contributed by atoms with E-state index in [0.717, 1.165) is 32.2 Å². The second kappa shape index (κ2) is 9.72. The lowest BCUT2D eigenvalue weighted by atomic mass is 9.76. The molecular formula is C16H34N2O2. The summed E-state index contributed by atoms with van der Waals surface area (Å²) in [6, 6.07) is 1.00. The highest BCUT2D eigenvalue weighted by Crippen LogP contribution is 2.34. The Morgan fingerprint density at radius 1 is 1.25 bits per heavy atom. The molecule has 0 amide bonds. The van der Waals surface area contributed by atoms with Gasteiger partial charge in [-0.1, -0.05) is 19.8 Å². The van der Waals surface area contributed by atoms with Crippen molar-refractivity contribution in [1.82, 2.24) is 4.90 Å². The number of ether oxygens (including phenoxy) is 2. The molecule has 120 valence electrons. The van der Waals surface area contributed by atoms with Crippen molar-refractivity contribution in [1.29, 1.82) is 0 Å². The van der Waals surface area contributed by atoms with Gasteiger partial charge in [-0.15, -0.1) is 0 Å². The van der Waals surface area contributed by atoms with Gasteiger partial charge in [0, 0.05) is 32.8 Å². The summed E-state index contributed by atoms with van der Waals surface area (Å²) in [5.74, 6) is 1.47. The fourth-order valence-corrected chi connectivity index (χ4v) is 3.59. The molecule has 1 aliphatic rings. The van der Waals surface area contributed by atoms with Crippen LogP contribution in [0.2, 0.25) is 0 Å². The molecule has 0 heterocycles. The molecule has 1 saturated carbocycles. The average molecular weight is 286 g/mol. The minimum Gasteiger partial charge on any atom is -0.383 e. The molecular weight excluding hydrogens is 252 g/mol. The molecule has 4 nitrogen and oxygen atoms in total. The summed E-state index contributed by atoms with van der Waals surface area (Å²) in [6.07, 6.45) is 5.16. The Morgan fingerprint density at radius 3 is 2.55 bits per heavy atom. The highest BCUT2D eigenvalue weighted by molar-refractivity contribution is 4.89. The highest BCUT2D eigenvalue weighted by atomic mass is 16.5. The van der Waals surface area contributed by atoms with Crippen LogP contribution in [0.1, 0.15) is 39.5 Å². The first-order valence-electron chi connectivity index (χ1n) is 8.11. The molecule has 2 N–H and O–H groups in total. The molecule has 1 aliphatic carbocycles. The highest BCUT2D eigenvalue weighted by Gasteiger charge is 2.34. The molecule has 0 bridgehead atoms. The first-order valence-corrected chi connectivity index (χ1v) is 8.11. The van der Waals surface area contributed by atoms with Crippen LogP contribution in [-0.2, 0) is 9.47 Å². The topological polar surface area (TPSA) is 47.7 Å². The third kappa shape index (κ3) is 4.99. The molecule has 0 aromatic heterocycles. The van der Waals surface area contributed by atoms with Crippen LogP contribution in [0.25, 0.3) is 0 Å². The minimum atomic E-state index is 0.421. The number of nitrogens with zero attached hydrogens (tertiary/aromatic N) is 1. The van der Waals surface area contributed by atoms with Crippen molar-refractivity contribution >= 4 is 0 Å². The van der Waals surface area contributed by atoms with Crippen LogP contribution in [0.5, 0.6) is 0 Å². The summed E-state index contributed by atoms with van der Waals surface area (Å²) in [4.78, 5) is 2.58. The van der Waals surface area contributed by atoms with E-state index in [0.29, 0.717) is 18.0 Å². The zero-order chi connectivity index (χ0) is 15.0. The van der Waals surface area contributed by atoms with E-state index in [4.69, 9.17) is 15.2 Å². The predicted octanol–water partition coefficient (Wildman–Crippen LogP) is 2.12. The molecule has 0 spiro atoms. The van der Waals surface area contributed by atoms with Gasteiger partial charge >= 0.3 is 0 Å². The van der Waals surface area contributed by atoms with Crippen LogP contribution >= 0.6 is 0 Å². The van der Waals surface area contributed by atoms with Gasteiger partial charge in [0.15, 0.2) is 0 Å². The van der Waals surface area contributed by atoms with E-state index in [-0.39, 0.29) is 0 Å². The first-order chi connectivity index (χ1) is 9.67. The first kappa shape index (κ1) is 17.9. The van der Waals surface area contributed by atoms with Crippen LogP contribution in [0.15, 0.2) is 0 Å². The Balaban J connectivity index is 2.76. The van der Waals surface area contributed by atoms with Gasteiger partial charge in [0.1, 0.15) is 0 Å². The molecule has 4 heteroatoms. The van der Waals surface area contributed by atoms with Gasteiger partial charge in [0.25, 0.3) is 0 Å². The van der Waals surface area contributed by atoms with E-state index in [9.17, 15) is 0 Å². The zero-order valence-electron chi connectivity index (χ0n) is 13.8. The number of rotatable bonds is 9. The molecule has 4 atom stereocenters. The SMILES string of the molecule is CCC1CCC(CN)C(N(CCOC)C(C)COC)C1. The molecule has 1 fully saturated rings. The van der Waals surface area contributed by atoms with Gasteiger partial charge in [-0.3, -0.25) is 4.90 Å². The minimum absolute atomic E-state index is 0.421. The summed E-state index contributed by atoms with van der Waals surface area (Å²) in [5.41, 5.74) is 6.03. The summed E-state index contributed by atoms with van der Waals surface area (Å²) >= 11 is 0. The van der Waals surface area contributed by atoms with E-state index < -0.39 is 0 Å². The molecule has 0 aromatic carbocycles. The van der Waals surface area contributed by atoms with Crippen molar-refractivity contribution in [3.63, 3.8) is 0 Å². The third-order valence-electron chi connectivity index (χ3n) is 4.90. The number of methoxy groups -OCH3 is 2. The molecule has 0 radical (unpaired) electrons. The maximum atomic E-state index is 6.03. The standard InChI is InChI=1S/C16H34N2O2/c1-5-14-6-7-15(11-17)16(10-14)18(8-9-19-3)13(2)12-20-4/h13-16H,5-12,17H2,1-4H3. The van der Waals surface area contributed by atoms with E-state index in [1.165, 1.54) is 25.7 Å². The normalized spacial score (nSPS) is 28.8. The Hall–Kier alpha value is -0.160. The largest absolute Gasteiger partial charge is 0.383 e. The van der Waals surface area contributed by atoms with E-state index in [1.54, 1.807) is 14.2 Å². The van der Waals surface area contributed by atoms with E-state index >= 15 is 0 Å². The van der Waals surface area contributed by atoms with Crippen LogP contribution in [0, 0.1) is 11.8 Å². The smallest absolute Gasteiger partial charge is 0.0615 e. The van der Waals surface area contributed by atoms with Gasteiger partial charge in [0.05, 0.1) is 13.2 Å². The average Bonchev–Trinajstić information content (AvgIpc) is 2.47. The lowest BCUT2D eigenvalue weighted by Gasteiger charge is -2.45. The lowest BCUT2D eigenvalue weighted by Crippen LogP contribution is -2.52. The van der Waals surface area contributed by atoms with Crippen molar-refractivity contribution in [2.75, 3.05) is 40.5 Å². The third-order valence-corrected chi connectivity index (χ3v) is 4.90. The Kier molecular flexibility index (Phi) is 8.69. The zero-order valence-corrected chi connectivity index (χ0v) is 13.8. The van der Waals surface area contributed by atoms with E-state index in [2.05, 4.69) is 18.7 Å². The van der Waals surface area contributed by atoms with Crippen molar-refractivity contribution < 1.29 is 9.47 Å². The van der Waals surface area contributed by atoms with Gasteiger partial charge in [-0.25, -0.2) is 0 Å². The summed E-state index contributed by atoms with van der Waals surface area (Å²) in [5, 5.41) is 0. The molecule has 0 aromatic rings. The fraction of sp³-hybridized carbons (Fsp3) is 1.00. The number of hydrogen-bond donors (Lipinski definition) is 1. The van der Waals surface area contributed by atoms with Crippen molar-refractivity contribution in [3.8, 4) is 0 Å². The van der Waals surface area contributed by atoms with Crippen molar-refractivity contribution in [2.24, 2.45) is 17.6 Å². The van der Waals surface area contributed by atoms with Crippen LogP contribution < -0.4 is 5.73 Å². The van der Waals surface area contributed by atoms with Crippen LogP contribution in [0.4, 0.5) is 0 Å². The second-order valence-electron chi connectivity index (χ2n) is 6.19. The Morgan fingerprint density at radius 2 is 2.00 bits per heavy atom. The van der Waals surface area contributed by atoms with Gasteiger partial charge < -0.3 is 15.2 Å². The van der Waals surface area contributed by atoms with Gasteiger partial charge in [0.2, 0.25) is 0 Å². The summed E-state index contributed by atoms with van der Waals surface area (Å²) in [6.45, 7) is 7.88. The van der Waals surface area contributed by atoms with Crippen molar-refractivity contribution in [3.05, 3.63) is 0 Å². The lowest BCUT2D eigenvalue weighted by molar-refractivity contribution is 0.00445. The van der Waals surface area contributed by atoms with Crippen LogP contribution in [0.3, 0.4) is 0 Å². The Labute approximate surface area is 125 Å². The number of nitrogens with two attached hydrogens (primary N) is 1. The molecule has 20 heavy (non-hydrogen) atoms. The van der Waals surface area contributed by atoms with E-state index in [1.807, 2.05) is 0 Å². The second-order valence-corrected chi connectivity index (χ2v) is 6.19. The molecule has 4 unspecified atom stereocenters. The molecule has 1 rings (SSSR count). The predicted molar refractivity (Wildman–Crippen MR) is 83.9 cm³/mol. The quantitative estimate of drug-likeness (QED) is 0.705. The fourth-order valence-electron chi connectivity index (χ4n) is 3.59. The van der Waals surface area contributed by atoms with Gasteiger partial charge in [-0.05, 0) is 38.1 Å². The summed E-state index contributed by atoms with van der Waals surface area (Å²) in [7, 11) is 3.55. The van der Waals surface area contributed by atoms with Crippen LogP contribution in [-0.4, -0.2) is 57.5 Å². The molecule has 0 aliphatic heterocycles.